The number of nitriles is 1. The van der Waals surface area contributed by atoms with Gasteiger partial charge in [-0.1, -0.05) is 134 Å². The molecule has 1 saturated heterocycles. The molecule has 0 radical (unpaired) electrons. The van der Waals surface area contributed by atoms with Crippen molar-refractivity contribution in [2.75, 3.05) is 31.1 Å². The summed E-state index contributed by atoms with van der Waals surface area (Å²) in [5, 5.41) is 9.85. The average Bonchev–Trinajstić information content (AvgIpc) is 2.91. The first kappa shape index (κ1) is 30.2. The molecule has 198 valence electrons. The number of piperidine rings is 1. The lowest BCUT2D eigenvalue weighted by Crippen LogP contribution is -2.42. The van der Waals surface area contributed by atoms with Gasteiger partial charge in [-0.15, -0.1) is 0 Å². The zero-order chi connectivity index (χ0) is 24.9. The highest BCUT2D eigenvalue weighted by atomic mass is 32.2. The lowest BCUT2D eigenvalue weighted by atomic mass is 9.74. The molecule has 3 heteroatoms. The molecule has 1 aliphatic heterocycles. The Kier molecular flexibility index (Phi) is 17.4. The third-order valence-corrected chi connectivity index (χ3v) is 8.99. The second kappa shape index (κ2) is 20.1. The summed E-state index contributed by atoms with van der Waals surface area (Å²) in [5.41, 5.74) is 0.943. The molecule has 1 heterocycles. The van der Waals surface area contributed by atoms with Gasteiger partial charge in [-0.05, 0) is 30.6 Å². The average molecular weight is 499 g/mol. The number of thioether (sulfide) groups is 1. The largest absolute Gasteiger partial charge is 0.302 e. The molecule has 1 fully saturated rings. The summed E-state index contributed by atoms with van der Waals surface area (Å²) >= 11 is 2.13. The minimum absolute atomic E-state index is 0.265. The van der Waals surface area contributed by atoms with Crippen LogP contribution in [0.2, 0.25) is 0 Å². The summed E-state index contributed by atoms with van der Waals surface area (Å²) in [5.74, 6) is 2.56. The van der Waals surface area contributed by atoms with E-state index in [2.05, 4.69) is 53.9 Å². The van der Waals surface area contributed by atoms with Gasteiger partial charge in [0, 0.05) is 25.4 Å². The topological polar surface area (TPSA) is 27.0 Å². The van der Waals surface area contributed by atoms with Crippen molar-refractivity contribution < 1.29 is 0 Å². The Morgan fingerprint density at radius 2 is 1.20 bits per heavy atom. The van der Waals surface area contributed by atoms with Crippen molar-refractivity contribution in [3.05, 3.63) is 35.9 Å². The first-order valence-electron chi connectivity index (χ1n) is 15.1. The van der Waals surface area contributed by atoms with Crippen LogP contribution < -0.4 is 0 Å². The van der Waals surface area contributed by atoms with E-state index in [4.69, 9.17) is 0 Å². The van der Waals surface area contributed by atoms with E-state index in [0.29, 0.717) is 0 Å². The summed E-state index contributed by atoms with van der Waals surface area (Å²) in [6.07, 6.45) is 25.0. The lowest BCUT2D eigenvalue weighted by molar-refractivity contribution is 0.196. The highest BCUT2D eigenvalue weighted by molar-refractivity contribution is 7.99. The summed E-state index contributed by atoms with van der Waals surface area (Å²) < 4.78 is 0. The molecule has 0 saturated carbocycles. The molecule has 2 nitrogen and oxygen atoms in total. The highest BCUT2D eigenvalue weighted by Crippen LogP contribution is 2.34. The van der Waals surface area contributed by atoms with Crippen molar-refractivity contribution in [3.63, 3.8) is 0 Å². The van der Waals surface area contributed by atoms with Crippen LogP contribution in [0.5, 0.6) is 0 Å². The molecule has 0 unspecified atom stereocenters. The zero-order valence-electron chi connectivity index (χ0n) is 23.0. The SMILES string of the molecule is CCCCCCCCCCCCCCCCCCSCCN1CCC(C#N)(c2ccccc2)CC1. The van der Waals surface area contributed by atoms with Gasteiger partial charge >= 0.3 is 0 Å². The van der Waals surface area contributed by atoms with E-state index in [1.165, 1.54) is 126 Å². The van der Waals surface area contributed by atoms with Gasteiger partial charge in [0.25, 0.3) is 0 Å². The van der Waals surface area contributed by atoms with E-state index in [1.54, 1.807) is 0 Å². The number of hydrogen-bond acceptors (Lipinski definition) is 3. The molecule has 0 spiro atoms. The fraction of sp³-hybridized carbons (Fsp3) is 0.781. The van der Waals surface area contributed by atoms with Crippen LogP contribution >= 0.6 is 11.8 Å². The van der Waals surface area contributed by atoms with Crippen LogP contribution in [-0.2, 0) is 5.41 Å². The molecule has 0 N–H and O–H groups in total. The van der Waals surface area contributed by atoms with Gasteiger partial charge in [0.05, 0.1) is 11.5 Å². The van der Waals surface area contributed by atoms with Crippen molar-refractivity contribution in [3.8, 4) is 6.07 Å². The van der Waals surface area contributed by atoms with Crippen molar-refractivity contribution in [2.45, 2.75) is 128 Å². The standard InChI is InChI=1S/C32H54N2S/c1-2-3-4-5-6-7-8-9-10-11-12-13-14-15-16-20-28-35-29-27-34-25-23-32(30-33,24-26-34)31-21-18-17-19-22-31/h17-19,21-22H,2-16,20,23-29H2,1H3. The zero-order valence-corrected chi connectivity index (χ0v) is 23.8. The van der Waals surface area contributed by atoms with Crippen molar-refractivity contribution in [2.24, 2.45) is 0 Å². The Hall–Kier alpha value is -0.980. The van der Waals surface area contributed by atoms with E-state index in [9.17, 15) is 5.26 Å². The van der Waals surface area contributed by atoms with Crippen molar-refractivity contribution in [1.82, 2.24) is 4.90 Å². The monoisotopic (exact) mass is 498 g/mol. The fourth-order valence-corrected chi connectivity index (χ4v) is 6.43. The number of benzene rings is 1. The molecule has 1 aromatic carbocycles. The van der Waals surface area contributed by atoms with Gasteiger partial charge in [-0.2, -0.15) is 17.0 Å². The maximum atomic E-state index is 9.85. The van der Waals surface area contributed by atoms with Crippen LogP contribution in [0, 0.1) is 11.3 Å². The molecule has 0 bridgehead atoms. The normalized spacial score (nSPS) is 15.8. The van der Waals surface area contributed by atoms with E-state index in [0.717, 1.165) is 25.9 Å². The summed E-state index contributed by atoms with van der Waals surface area (Å²) in [6.45, 7) is 5.59. The Morgan fingerprint density at radius 1 is 0.714 bits per heavy atom. The molecule has 1 aromatic rings. The van der Waals surface area contributed by atoms with Crippen molar-refractivity contribution in [1.29, 1.82) is 5.26 Å². The second-order valence-electron chi connectivity index (χ2n) is 10.8. The number of likely N-dealkylation sites (tertiary alicyclic amines) is 1. The van der Waals surface area contributed by atoms with Crippen LogP contribution in [0.25, 0.3) is 0 Å². The molecule has 0 atom stereocenters. The second-order valence-corrected chi connectivity index (χ2v) is 12.0. The summed E-state index contributed by atoms with van der Waals surface area (Å²) in [7, 11) is 0. The maximum Gasteiger partial charge on any atom is 0.0846 e. The Balaban J connectivity index is 1.32. The maximum absolute atomic E-state index is 9.85. The first-order valence-corrected chi connectivity index (χ1v) is 16.2. The summed E-state index contributed by atoms with van der Waals surface area (Å²) in [4.78, 5) is 2.57. The number of nitrogens with zero attached hydrogens (tertiary/aromatic N) is 2. The van der Waals surface area contributed by atoms with Crippen molar-refractivity contribution >= 4 is 11.8 Å². The molecule has 1 aliphatic rings. The molecular weight excluding hydrogens is 444 g/mol. The van der Waals surface area contributed by atoms with Gasteiger partial charge in [-0.3, -0.25) is 0 Å². The van der Waals surface area contributed by atoms with Crippen LogP contribution in [0.15, 0.2) is 30.3 Å². The van der Waals surface area contributed by atoms with Gasteiger partial charge in [-0.25, -0.2) is 0 Å². The Bertz CT molecular complexity index is 645. The Morgan fingerprint density at radius 3 is 1.69 bits per heavy atom. The number of hydrogen-bond donors (Lipinski definition) is 0. The van der Waals surface area contributed by atoms with Gasteiger partial charge in [0.2, 0.25) is 0 Å². The minimum Gasteiger partial charge on any atom is -0.302 e. The van der Waals surface area contributed by atoms with Crippen LogP contribution in [-0.4, -0.2) is 36.0 Å². The number of unbranched alkanes of at least 4 members (excludes halogenated alkanes) is 15. The van der Waals surface area contributed by atoms with E-state index >= 15 is 0 Å². The smallest absolute Gasteiger partial charge is 0.0846 e. The van der Waals surface area contributed by atoms with Gasteiger partial charge in [0.1, 0.15) is 0 Å². The van der Waals surface area contributed by atoms with E-state index in [1.807, 2.05) is 6.07 Å². The fourth-order valence-electron chi connectivity index (χ4n) is 5.43. The predicted octanol–water partition coefficient (Wildman–Crippen LogP) is 9.54. The molecule has 35 heavy (non-hydrogen) atoms. The lowest BCUT2D eigenvalue weighted by Gasteiger charge is -2.37. The molecule has 2 rings (SSSR count). The van der Waals surface area contributed by atoms with E-state index < -0.39 is 0 Å². The number of rotatable bonds is 21. The minimum atomic E-state index is -0.265. The van der Waals surface area contributed by atoms with Gasteiger partial charge in [0.15, 0.2) is 0 Å². The quantitative estimate of drug-likeness (QED) is 0.158. The van der Waals surface area contributed by atoms with Gasteiger partial charge < -0.3 is 4.90 Å². The van der Waals surface area contributed by atoms with E-state index in [-0.39, 0.29) is 5.41 Å². The molecule has 0 aromatic heterocycles. The Labute approximate surface area is 222 Å². The van der Waals surface area contributed by atoms with Crippen LogP contribution in [0.4, 0.5) is 0 Å². The van der Waals surface area contributed by atoms with Crippen LogP contribution in [0.3, 0.4) is 0 Å². The highest BCUT2D eigenvalue weighted by Gasteiger charge is 2.36. The molecule has 0 aliphatic carbocycles. The molecular formula is C32H54N2S. The molecule has 0 amide bonds. The first-order chi connectivity index (χ1) is 17.3. The summed E-state index contributed by atoms with van der Waals surface area (Å²) in [6, 6.07) is 13.1. The van der Waals surface area contributed by atoms with Crippen LogP contribution in [0.1, 0.15) is 128 Å². The predicted molar refractivity (Wildman–Crippen MR) is 156 cm³/mol. The third kappa shape index (κ3) is 13.2. The third-order valence-electron chi connectivity index (χ3n) is 7.94.